The molecular formula is C21H26FN3O3. The molecule has 28 heavy (non-hydrogen) atoms. The number of aliphatic hydroxyl groups is 1. The number of fused-ring (bicyclic) bond motifs is 1. The number of aromatic nitrogens is 1. The molecule has 0 saturated heterocycles. The summed E-state index contributed by atoms with van der Waals surface area (Å²) in [6, 6.07) is 7.49. The lowest BCUT2D eigenvalue weighted by molar-refractivity contribution is 0.0404. The number of hydrogen-bond donors (Lipinski definition) is 2. The van der Waals surface area contributed by atoms with Gasteiger partial charge in [0, 0.05) is 30.8 Å². The number of likely N-dealkylation sites (N-methyl/N-ethyl adjacent to an activating group) is 1. The second kappa shape index (κ2) is 8.67. The molecule has 0 aliphatic carbocycles. The van der Waals surface area contributed by atoms with Gasteiger partial charge in [0.15, 0.2) is 0 Å². The van der Waals surface area contributed by atoms with Crippen LogP contribution in [0.4, 0.5) is 4.39 Å². The Morgan fingerprint density at radius 2 is 2.18 bits per heavy atom. The van der Waals surface area contributed by atoms with E-state index >= 15 is 0 Å². The van der Waals surface area contributed by atoms with Crippen LogP contribution in [0.5, 0.6) is 5.88 Å². The van der Waals surface area contributed by atoms with Crippen LogP contribution in [0.3, 0.4) is 0 Å². The maximum Gasteiger partial charge on any atom is 0.259 e. The number of ether oxygens (including phenoxy) is 1. The SMILES string of the molecule is CNC[C@@H]1Oc2ncc(-c3cccc(F)c3)cc2C(=O)N([C@H](C)CO)C[C@@H]1C. The predicted octanol–water partition coefficient (Wildman–Crippen LogP) is 2.33. The van der Waals surface area contributed by atoms with Gasteiger partial charge in [-0.3, -0.25) is 4.79 Å². The Labute approximate surface area is 164 Å². The number of nitrogens with zero attached hydrogens (tertiary/aromatic N) is 2. The van der Waals surface area contributed by atoms with Crippen molar-refractivity contribution in [1.29, 1.82) is 0 Å². The minimum absolute atomic E-state index is 0.0447. The van der Waals surface area contributed by atoms with Gasteiger partial charge in [0.1, 0.15) is 17.5 Å². The molecule has 0 bridgehead atoms. The molecule has 3 atom stereocenters. The van der Waals surface area contributed by atoms with Crippen LogP contribution in [0.2, 0.25) is 0 Å². The highest BCUT2D eigenvalue weighted by atomic mass is 19.1. The first-order valence-corrected chi connectivity index (χ1v) is 9.43. The number of carbonyl (C=O) groups excluding carboxylic acids is 1. The van der Waals surface area contributed by atoms with Gasteiger partial charge in [-0.1, -0.05) is 19.1 Å². The molecule has 2 heterocycles. The Bertz CT molecular complexity index is 845. The van der Waals surface area contributed by atoms with Gasteiger partial charge in [-0.2, -0.15) is 0 Å². The van der Waals surface area contributed by atoms with Gasteiger partial charge in [0.25, 0.3) is 5.91 Å². The van der Waals surface area contributed by atoms with Crippen molar-refractivity contribution in [1.82, 2.24) is 15.2 Å². The Balaban J connectivity index is 2.08. The quantitative estimate of drug-likeness (QED) is 0.824. The molecule has 1 aromatic heterocycles. The summed E-state index contributed by atoms with van der Waals surface area (Å²) in [7, 11) is 1.84. The van der Waals surface area contributed by atoms with Crippen molar-refractivity contribution in [2.24, 2.45) is 5.92 Å². The Hall–Kier alpha value is -2.51. The number of pyridine rings is 1. The smallest absolute Gasteiger partial charge is 0.259 e. The second-order valence-corrected chi connectivity index (χ2v) is 7.27. The van der Waals surface area contributed by atoms with Crippen molar-refractivity contribution in [3.05, 3.63) is 47.9 Å². The van der Waals surface area contributed by atoms with E-state index in [1.807, 2.05) is 20.9 Å². The minimum Gasteiger partial charge on any atom is -0.472 e. The normalized spacial score (nSPS) is 20.8. The van der Waals surface area contributed by atoms with Crippen molar-refractivity contribution in [3.8, 4) is 17.0 Å². The lowest BCUT2D eigenvalue weighted by Crippen LogP contribution is -2.49. The molecule has 1 aliphatic heterocycles. The van der Waals surface area contributed by atoms with Crippen LogP contribution in [0.25, 0.3) is 11.1 Å². The fraction of sp³-hybridized carbons (Fsp3) is 0.429. The van der Waals surface area contributed by atoms with E-state index in [0.717, 1.165) is 0 Å². The monoisotopic (exact) mass is 387 g/mol. The average Bonchev–Trinajstić information content (AvgIpc) is 2.70. The van der Waals surface area contributed by atoms with Gasteiger partial charge in [-0.15, -0.1) is 0 Å². The van der Waals surface area contributed by atoms with Gasteiger partial charge in [-0.05, 0) is 37.7 Å². The number of benzene rings is 1. The van der Waals surface area contributed by atoms with Crippen molar-refractivity contribution in [3.63, 3.8) is 0 Å². The van der Waals surface area contributed by atoms with E-state index in [4.69, 9.17) is 4.74 Å². The van der Waals surface area contributed by atoms with Crippen molar-refractivity contribution in [2.75, 3.05) is 26.7 Å². The molecule has 0 fully saturated rings. The fourth-order valence-electron chi connectivity index (χ4n) is 3.37. The Morgan fingerprint density at radius 3 is 2.86 bits per heavy atom. The second-order valence-electron chi connectivity index (χ2n) is 7.27. The first-order chi connectivity index (χ1) is 13.4. The zero-order chi connectivity index (χ0) is 20.3. The average molecular weight is 387 g/mol. The number of carbonyl (C=O) groups is 1. The largest absolute Gasteiger partial charge is 0.472 e. The molecule has 0 unspecified atom stereocenters. The van der Waals surface area contributed by atoms with Crippen LogP contribution in [-0.2, 0) is 0 Å². The highest BCUT2D eigenvalue weighted by Gasteiger charge is 2.33. The maximum absolute atomic E-state index is 13.6. The van der Waals surface area contributed by atoms with Crippen LogP contribution in [0.1, 0.15) is 24.2 Å². The van der Waals surface area contributed by atoms with E-state index < -0.39 is 0 Å². The molecule has 150 valence electrons. The molecule has 7 heteroatoms. The van der Waals surface area contributed by atoms with Gasteiger partial charge < -0.3 is 20.1 Å². The highest BCUT2D eigenvalue weighted by molar-refractivity contribution is 5.98. The minimum atomic E-state index is -0.356. The zero-order valence-corrected chi connectivity index (χ0v) is 16.4. The summed E-state index contributed by atoms with van der Waals surface area (Å²) in [4.78, 5) is 19.3. The van der Waals surface area contributed by atoms with Crippen molar-refractivity contribution < 1.29 is 19.0 Å². The third-order valence-corrected chi connectivity index (χ3v) is 5.08. The number of rotatable bonds is 5. The summed E-state index contributed by atoms with van der Waals surface area (Å²) >= 11 is 0. The van der Waals surface area contributed by atoms with Crippen molar-refractivity contribution in [2.45, 2.75) is 26.0 Å². The summed E-state index contributed by atoms with van der Waals surface area (Å²) in [5.74, 6) is -0.308. The molecule has 2 N–H and O–H groups in total. The molecule has 1 aromatic carbocycles. The van der Waals surface area contributed by atoms with Crippen molar-refractivity contribution >= 4 is 5.91 Å². The van der Waals surface area contributed by atoms with Crippen LogP contribution in [0, 0.1) is 11.7 Å². The predicted molar refractivity (Wildman–Crippen MR) is 105 cm³/mol. The number of halogens is 1. The number of amides is 1. The van der Waals surface area contributed by atoms with Crippen LogP contribution < -0.4 is 10.1 Å². The van der Waals surface area contributed by atoms with E-state index in [2.05, 4.69) is 10.3 Å². The van der Waals surface area contributed by atoms with Gasteiger partial charge >= 0.3 is 0 Å². The Kier molecular flexibility index (Phi) is 6.26. The van der Waals surface area contributed by atoms with Crippen LogP contribution in [0.15, 0.2) is 36.5 Å². The number of aliphatic hydroxyl groups excluding tert-OH is 1. The van der Waals surface area contributed by atoms with E-state index in [0.29, 0.717) is 29.8 Å². The van der Waals surface area contributed by atoms with Crippen LogP contribution >= 0.6 is 0 Å². The third-order valence-electron chi connectivity index (χ3n) is 5.08. The maximum atomic E-state index is 13.6. The molecule has 0 radical (unpaired) electrons. The molecular weight excluding hydrogens is 361 g/mol. The highest BCUT2D eigenvalue weighted by Crippen LogP contribution is 2.30. The molecule has 1 aliphatic rings. The van der Waals surface area contributed by atoms with Gasteiger partial charge in [0.2, 0.25) is 5.88 Å². The zero-order valence-electron chi connectivity index (χ0n) is 16.4. The number of hydrogen-bond acceptors (Lipinski definition) is 5. The molecule has 3 rings (SSSR count). The summed E-state index contributed by atoms with van der Waals surface area (Å²) in [5.41, 5.74) is 1.58. The molecule has 1 amide bonds. The van der Waals surface area contributed by atoms with Crippen LogP contribution in [-0.4, -0.2) is 59.8 Å². The van der Waals surface area contributed by atoms with Gasteiger partial charge in [-0.25, -0.2) is 9.37 Å². The Morgan fingerprint density at radius 1 is 1.39 bits per heavy atom. The third kappa shape index (κ3) is 4.15. The summed E-state index contributed by atoms with van der Waals surface area (Å²) in [5, 5.41) is 12.8. The lowest BCUT2D eigenvalue weighted by Gasteiger charge is -2.36. The molecule has 6 nitrogen and oxygen atoms in total. The topological polar surface area (TPSA) is 74.7 Å². The van der Waals surface area contributed by atoms with E-state index in [-0.39, 0.29) is 42.3 Å². The number of nitrogens with one attached hydrogen (secondary N) is 1. The lowest BCUT2D eigenvalue weighted by atomic mass is 9.99. The fourth-order valence-corrected chi connectivity index (χ4v) is 3.37. The van der Waals surface area contributed by atoms with E-state index in [1.54, 1.807) is 29.3 Å². The van der Waals surface area contributed by atoms with E-state index in [9.17, 15) is 14.3 Å². The molecule has 0 spiro atoms. The first kappa shape index (κ1) is 20.2. The molecule has 2 aromatic rings. The van der Waals surface area contributed by atoms with Gasteiger partial charge in [0.05, 0.1) is 12.6 Å². The summed E-state index contributed by atoms with van der Waals surface area (Å²) < 4.78 is 19.7. The molecule has 0 saturated carbocycles. The summed E-state index contributed by atoms with van der Waals surface area (Å²) in [6.45, 7) is 4.74. The summed E-state index contributed by atoms with van der Waals surface area (Å²) in [6.07, 6.45) is 1.40. The standard InChI is InChI=1S/C21H26FN3O3/c1-13-11-25(14(2)12-26)21(27)18-8-16(15-5-4-6-17(22)7-15)9-24-20(18)28-19(13)10-23-3/h4-9,13-14,19,23,26H,10-12H2,1-3H3/t13-,14+,19-/m0/s1. The first-order valence-electron chi connectivity index (χ1n) is 9.43. The van der Waals surface area contributed by atoms with E-state index in [1.165, 1.54) is 12.1 Å².